The molecule has 1 aromatic carbocycles. The minimum atomic E-state index is 0.220. The molecule has 2 aromatic rings. The third kappa shape index (κ3) is 3.67. The standard InChI is InChI=1S/C18H21NS/c1-18(2,3)17-11-10-16(20-17)15-9-5-7-14(13-15)8-6-12-19-4/h5-13H,1-4H3/b8-6+,19-12+. The summed E-state index contributed by atoms with van der Waals surface area (Å²) < 4.78 is 0. The van der Waals surface area contributed by atoms with Gasteiger partial charge in [-0.3, -0.25) is 4.99 Å². The summed E-state index contributed by atoms with van der Waals surface area (Å²) >= 11 is 1.88. The van der Waals surface area contributed by atoms with Gasteiger partial charge in [-0.05, 0) is 40.8 Å². The maximum atomic E-state index is 3.95. The first-order valence-electron chi connectivity index (χ1n) is 6.80. The molecule has 104 valence electrons. The predicted molar refractivity (Wildman–Crippen MR) is 91.9 cm³/mol. The highest BCUT2D eigenvalue weighted by Crippen LogP contribution is 2.35. The monoisotopic (exact) mass is 283 g/mol. The van der Waals surface area contributed by atoms with Gasteiger partial charge in [0.1, 0.15) is 0 Å². The van der Waals surface area contributed by atoms with Crippen molar-refractivity contribution in [2.24, 2.45) is 4.99 Å². The minimum Gasteiger partial charge on any atom is -0.297 e. The summed E-state index contributed by atoms with van der Waals surface area (Å²) in [6.07, 6.45) is 5.85. The van der Waals surface area contributed by atoms with E-state index in [2.05, 4.69) is 68.2 Å². The van der Waals surface area contributed by atoms with Gasteiger partial charge in [0.05, 0.1) is 0 Å². The molecule has 0 amide bonds. The quantitative estimate of drug-likeness (QED) is 0.666. The van der Waals surface area contributed by atoms with Gasteiger partial charge in [-0.25, -0.2) is 0 Å². The SMILES string of the molecule is C/N=C/C=C/c1cccc(-c2ccc(C(C)(C)C)s2)c1. The summed E-state index contributed by atoms with van der Waals surface area (Å²) in [7, 11) is 1.78. The van der Waals surface area contributed by atoms with Crippen LogP contribution in [0.4, 0.5) is 0 Å². The third-order valence-electron chi connectivity index (χ3n) is 3.04. The van der Waals surface area contributed by atoms with Crippen molar-refractivity contribution < 1.29 is 0 Å². The van der Waals surface area contributed by atoms with Crippen molar-refractivity contribution in [3.05, 3.63) is 52.9 Å². The van der Waals surface area contributed by atoms with E-state index >= 15 is 0 Å². The molecule has 2 heteroatoms. The fraction of sp³-hybridized carbons (Fsp3) is 0.278. The lowest BCUT2D eigenvalue weighted by molar-refractivity contribution is 0.604. The smallest absolute Gasteiger partial charge is 0.0346 e. The van der Waals surface area contributed by atoms with E-state index < -0.39 is 0 Å². The molecule has 1 heterocycles. The lowest BCUT2D eigenvalue weighted by Crippen LogP contribution is -2.07. The average molecular weight is 283 g/mol. The summed E-state index contributed by atoms with van der Waals surface area (Å²) in [6.45, 7) is 6.77. The molecular formula is C18H21NS. The van der Waals surface area contributed by atoms with Crippen molar-refractivity contribution in [1.29, 1.82) is 0 Å². The number of hydrogen-bond donors (Lipinski definition) is 0. The van der Waals surface area contributed by atoms with Crippen LogP contribution < -0.4 is 0 Å². The second kappa shape index (κ2) is 6.19. The number of nitrogens with zero attached hydrogens (tertiary/aromatic N) is 1. The van der Waals surface area contributed by atoms with Crippen LogP contribution in [0.5, 0.6) is 0 Å². The lowest BCUT2D eigenvalue weighted by Gasteiger charge is -2.15. The van der Waals surface area contributed by atoms with Crippen LogP contribution in [-0.2, 0) is 5.41 Å². The highest BCUT2D eigenvalue weighted by molar-refractivity contribution is 7.15. The first-order valence-corrected chi connectivity index (χ1v) is 7.62. The molecule has 20 heavy (non-hydrogen) atoms. The molecule has 0 N–H and O–H groups in total. The minimum absolute atomic E-state index is 0.220. The highest BCUT2D eigenvalue weighted by Gasteiger charge is 2.16. The molecule has 0 unspecified atom stereocenters. The van der Waals surface area contributed by atoms with E-state index in [4.69, 9.17) is 0 Å². The summed E-state index contributed by atoms with van der Waals surface area (Å²) in [5, 5.41) is 0. The fourth-order valence-electron chi connectivity index (χ4n) is 1.93. The van der Waals surface area contributed by atoms with Crippen LogP contribution in [0.25, 0.3) is 16.5 Å². The molecule has 1 nitrogen and oxygen atoms in total. The number of rotatable bonds is 3. The Labute approximate surface area is 125 Å². The van der Waals surface area contributed by atoms with Crippen LogP contribution in [-0.4, -0.2) is 13.3 Å². The second-order valence-electron chi connectivity index (χ2n) is 5.81. The molecule has 0 atom stereocenters. The average Bonchev–Trinajstić information content (AvgIpc) is 2.89. The second-order valence-corrected chi connectivity index (χ2v) is 6.89. The molecule has 0 spiro atoms. The summed E-state index contributed by atoms with van der Waals surface area (Å²) in [4.78, 5) is 6.70. The van der Waals surface area contributed by atoms with Crippen molar-refractivity contribution in [2.75, 3.05) is 7.05 Å². The van der Waals surface area contributed by atoms with Gasteiger partial charge in [0.25, 0.3) is 0 Å². The van der Waals surface area contributed by atoms with Crippen LogP contribution >= 0.6 is 11.3 Å². The van der Waals surface area contributed by atoms with Gasteiger partial charge >= 0.3 is 0 Å². The largest absolute Gasteiger partial charge is 0.297 e. The number of hydrogen-bond acceptors (Lipinski definition) is 2. The Bertz CT molecular complexity index is 627. The van der Waals surface area contributed by atoms with Crippen LogP contribution in [0, 0.1) is 0 Å². The molecule has 0 aliphatic rings. The summed E-state index contributed by atoms with van der Waals surface area (Å²) in [5.41, 5.74) is 2.70. The van der Waals surface area contributed by atoms with E-state index in [9.17, 15) is 0 Å². The molecule has 1 aromatic heterocycles. The summed E-state index contributed by atoms with van der Waals surface area (Å²) in [5.74, 6) is 0. The Morgan fingerprint density at radius 1 is 1.10 bits per heavy atom. The Kier molecular flexibility index (Phi) is 4.56. The van der Waals surface area contributed by atoms with E-state index in [0.717, 1.165) is 0 Å². The number of allylic oxidation sites excluding steroid dienone is 1. The van der Waals surface area contributed by atoms with E-state index in [1.54, 1.807) is 13.3 Å². The zero-order valence-electron chi connectivity index (χ0n) is 12.6. The Balaban J connectivity index is 2.29. The normalized spacial score (nSPS) is 12.6. The molecular weight excluding hydrogens is 262 g/mol. The zero-order valence-corrected chi connectivity index (χ0v) is 13.4. The summed E-state index contributed by atoms with van der Waals surface area (Å²) in [6, 6.07) is 13.1. The molecule has 0 aliphatic carbocycles. The highest BCUT2D eigenvalue weighted by atomic mass is 32.1. The first-order chi connectivity index (χ1) is 9.50. The first kappa shape index (κ1) is 14.7. The molecule has 2 rings (SSSR count). The van der Waals surface area contributed by atoms with Crippen LogP contribution in [0.1, 0.15) is 31.2 Å². The Morgan fingerprint density at radius 3 is 2.55 bits per heavy atom. The van der Waals surface area contributed by atoms with Crippen LogP contribution in [0.15, 0.2) is 47.5 Å². The lowest BCUT2D eigenvalue weighted by atomic mass is 9.95. The number of aliphatic imine (C=N–C) groups is 1. The van der Waals surface area contributed by atoms with Gasteiger partial charge < -0.3 is 0 Å². The van der Waals surface area contributed by atoms with E-state index in [0.29, 0.717) is 0 Å². The predicted octanol–water partition coefficient (Wildman–Crippen LogP) is 5.43. The molecule has 0 saturated carbocycles. The van der Waals surface area contributed by atoms with Crippen molar-refractivity contribution in [1.82, 2.24) is 0 Å². The van der Waals surface area contributed by atoms with Crippen molar-refractivity contribution in [3.63, 3.8) is 0 Å². The van der Waals surface area contributed by atoms with Crippen molar-refractivity contribution in [3.8, 4) is 10.4 Å². The van der Waals surface area contributed by atoms with Crippen LogP contribution in [0.3, 0.4) is 0 Å². The van der Waals surface area contributed by atoms with Gasteiger partial charge in [-0.1, -0.05) is 45.0 Å². The zero-order chi connectivity index (χ0) is 14.6. The Morgan fingerprint density at radius 2 is 1.90 bits per heavy atom. The maximum Gasteiger partial charge on any atom is 0.0346 e. The molecule has 0 saturated heterocycles. The van der Waals surface area contributed by atoms with Gasteiger partial charge in [0.2, 0.25) is 0 Å². The third-order valence-corrected chi connectivity index (χ3v) is 4.60. The van der Waals surface area contributed by atoms with Gasteiger partial charge in [-0.15, -0.1) is 11.3 Å². The number of thiophene rings is 1. The fourth-order valence-corrected chi connectivity index (χ4v) is 2.99. The van der Waals surface area contributed by atoms with Gasteiger partial charge in [0, 0.05) is 23.0 Å². The molecule has 0 bridgehead atoms. The van der Waals surface area contributed by atoms with Gasteiger partial charge in [-0.2, -0.15) is 0 Å². The number of benzene rings is 1. The molecule has 0 fully saturated rings. The van der Waals surface area contributed by atoms with Crippen molar-refractivity contribution >= 4 is 23.6 Å². The van der Waals surface area contributed by atoms with Gasteiger partial charge in [0.15, 0.2) is 0 Å². The van der Waals surface area contributed by atoms with Crippen LogP contribution in [0.2, 0.25) is 0 Å². The molecule has 0 radical (unpaired) electrons. The topological polar surface area (TPSA) is 12.4 Å². The van der Waals surface area contributed by atoms with E-state index in [1.807, 2.05) is 17.4 Å². The maximum absolute atomic E-state index is 3.95. The Hall–Kier alpha value is -1.67. The van der Waals surface area contributed by atoms with Crippen molar-refractivity contribution in [2.45, 2.75) is 26.2 Å². The van der Waals surface area contributed by atoms with E-state index in [1.165, 1.54) is 20.9 Å². The molecule has 0 aliphatic heterocycles. The van der Waals surface area contributed by atoms with E-state index in [-0.39, 0.29) is 5.41 Å².